The molecule has 132 valence electrons. The van der Waals surface area contributed by atoms with Gasteiger partial charge in [-0.3, -0.25) is 9.78 Å². The molecule has 1 atom stereocenters. The van der Waals surface area contributed by atoms with Crippen LogP contribution in [0, 0.1) is 0 Å². The van der Waals surface area contributed by atoms with Crippen molar-refractivity contribution in [2.75, 3.05) is 0 Å². The first kappa shape index (κ1) is 15.6. The van der Waals surface area contributed by atoms with E-state index in [4.69, 9.17) is 0 Å². The van der Waals surface area contributed by atoms with Gasteiger partial charge in [0, 0.05) is 28.8 Å². The van der Waals surface area contributed by atoms with Crippen molar-refractivity contribution < 1.29 is 4.79 Å². The maximum atomic E-state index is 13.5. The fourth-order valence-electron chi connectivity index (χ4n) is 4.30. The van der Waals surface area contributed by atoms with Crippen LogP contribution in [0.1, 0.15) is 48.6 Å². The van der Waals surface area contributed by atoms with E-state index in [9.17, 15) is 4.79 Å². The van der Waals surface area contributed by atoms with Gasteiger partial charge in [-0.05, 0) is 55.9 Å². The summed E-state index contributed by atoms with van der Waals surface area (Å²) in [6, 6.07) is 14.7. The standard InChI is InChI=1S/C22H23N3O/c26-22(25(16-11-12-16)14-15-6-3-4-13-23-15)19-9-5-8-18-17-7-1-2-10-20(17)24-21(18)19/h1-4,6-7,10,13,16,19,24H,5,8-9,11-12,14H2. The van der Waals surface area contributed by atoms with Crippen LogP contribution in [0.4, 0.5) is 0 Å². The second-order valence-electron chi connectivity index (χ2n) is 7.53. The number of carbonyl (C=O) groups excluding carboxylic acids is 1. The third-order valence-corrected chi connectivity index (χ3v) is 5.74. The summed E-state index contributed by atoms with van der Waals surface area (Å²) in [6.45, 7) is 0.621. The third-order valence-electron chi connectivity index (χ3n) is 5.74. The average Bonchev–Trinajstić information content (AvgIpc) is 3.46. The number of aromatic nitrogens is 2. The van der Waals surface area contributed by atoms with Gasteiger partial charge in [-0.25, -0.2) is 0 Å². The predicted molar refractivity (Wildman–Crippen MR) is 102 cm³/mol. The highest BCUT2D eigenvalue weighted by Crippen LogP contribution is 2.39. The van der Waals surface area contributed by atoms with Crippen molar-refractivity contribution in [1.82, 2.24) is 14.9 Å². The molecule has 1 saturated carbocycles. The molecular weight excluding hydrogens is 322 g/mol. The predicted octanol–water partition coefficient (Wildman–Crippen LogP) is 4.17. The number of hydrogen-bond acceptors (Lipinski definition) is 2. The lowest BCUT2D eigenvalue weighted by atomic mass is 9.85. The molecule has 5 rings (SSSR count). The van der Waals surface area contributed by atoms with E-state index < -0.39 is 0 Å². The largest absolute Gasteiger partial charge is 0.357 e. The number of rotatable bonds is 4. The number of aromatic amines is 1. The van der Waals surface area contributed by atoms with Crippen LogP contribution in [0.3, 0.4) is 0 Å². The maximum absolute atomic E-state index is 13.5. The fraction of sp³-hybridized carbons (Fsp3) is 0.364. The smallest absolute Gasteiger partial charge is 0.232 e. The van der Waals surface area contributed by atoms with Gasteiger partial charge in [0.05, 0.1) is 18.2 Å². The van der Waals surface area contributed by atoms with Gasteiger partial charge in [0.15, 0.2) is 0 Å². The van der Waals surface area contributed by atoms with Gasteiger partial charge in [-0.2, -0.15) is 0 Å². The monoisotopic (exact) mass is 345 g/mol. The molecule has 1 N–H and O–H groups in total. The van der Waals surface area contributed by atoms with E-state index in [2.05, 4.69) is 39.1 Å². The Morgan fingerprint density at radius 2 is 1.96 bits per heavy atom. The molecule has 2 heterocycles. The van der Waals surface area contributed by atoms with Crippen molar-refractivity contribution in [3.8, 4) is 0 Å². The Morgan fingerprint density at radius 1 is 1.12 bits per heavy atom. The molecular formula is C22H23N3O. The number of benzene rings is 1. The van der Waals surface area contributed by atoms with E-state index in [0.29, 0.717) is 12.6 Å². The van der Waals surface area contributed by atoms with Crippen LogP contribution in [0.5, 0.6) is 0 Å². The Morgan fingerprint density at radius 3 is 2.77 bits per heavy atom. The number of fused-ring (bicyclic) bond motifs is 3. The molecule has 0 bridgehead atoms. The number of amides is 1. The topological polar surface area (TPSA) is 49.0 Å². The van der Waals surface area contributed by atoms with E-state index in [-0.39, 0.29) is 11.8 Å². The van der Waals surface area contributed by atoms with E-state index in [1.165, 1.54) is 10.9 Å². The van der Waals surface area contributed by atoms with Crippen LogP contribution in [0.2, 0.25) is 0 Å². The van der Waals surface area contributed by atoms with Crippen LogP contribution < -0.4 is 0 Å². The number of hydrogen-bond donors (Lipinski definition) is 1. The van der Waals surface area contributed by atoms with Gasteiger partial charge < -0.3 is 9.88 Å². The molecule has 4 nitrogen and oxygen atoms in total. The van der Waals surface area contributed by atoms with Gasteiger partial charge >= 0.3 is 0 Å². The summed E-state index contributed by atoms with van der Waals surface area (Å²) in [5.41, 5.74) is 4.62. The van der Waals surface area contributed by atoms with Crippen LogP contribution in [0.25, 0.3) is 10.9 Å². The van der Waals surface area contributed by atoms with Gasteiger partial charge in [0.1, 0.15) is 0 Å². The molecule has 1 aromatic carbocycles. The second kappa shape index (κ2) is 6.27. The van der Waals surface area contributed by atoms with Crippen molar-refractivity contribution in [1.29, 1.82) is 0 Å². The summed E-state index contributed by atoms with van der Waals surface area (Å²) in [5, 5.41) is 1.28. The summed E-state index contributed by atoms with van der Waals surface area (Å²) in [6.07, 6.45) is 7.11. The van der Waals surface area contributed by atoms with Gasteiger partial charge in [-0.1, -0.05) is 24.3 Å². The lowest BCUT2D eigenvalue weighted by Crippen LogP contribution is -2.37. The molecule has 4 heteroatoms. The number of para-hydroxylation sites is 1. The summed E-state index contributed by atoms with van der Waals surface area (Å²) >= 11 is 0. The van der Waals surface area contributed by atoms with Crippen LogP contribution in [-0.2, 0) is 17.8 Å². The van der Waals surface area contributed by atoms with Gasteiger partial charge in [0.25, 0.3) is 0 Å². The molecule has 1 fully saturated rings. The Kier molecular flexibility index (Phi) is 3.77. The van der Waals surface area contributed by atoms with Crippen LogP contribution in [-0.4, -0.2) is 26.8 Å². The van der Waals surface area contributed by atoms with Crippen molar-refractivity contribution in [2.24, 2.45) is 0 Å². The molecule has 1 unspecified atom stereocenters. The number of H-pyrrole nitrogens is 1. The number of nitrogens with one attached hydrogen (secondary N) is 1. The van der Waals surface area contributed by atoms with Crippen molar-refractivity contribution >= 4 is 16.8 Å². The molecule has 26 heavy (non-hydrogen) atoms. The summed E-state index contributed by atoms with van der Waals surface area (Å²) in [7, 11) is 0. The number of aryl methyl sites for hydroxylation is 1. The van der Waals surface area contributed by atoms with Gasteiger partial charge in [0.2, 0.25) is 5.91 Å². The Balaban J connectivity index is 1.48. The molecule has 0 saturated heterocycles. The number of carbonyl (C=O) groups is 1. The van der Waals surface area contributed by atoms with E-state index in [1.54, 1.807) is 6.20 Å². The molecule has 0 aliphatic heterocycles. The first-order valence-corrected chi connectivity index (χ1v) is 9.61. The van der Waals surface area contributed by atoms with Crippen LogP contribution in [0.15, 0.2) is 48.7 Å². The minimum absolute atomic E-state index is 0.0459. The normalized spacial score (nSPS) is 19.3. The SMILES string of the molecule is O=C(C1CCCc2c1[nH]c1ccccc21)N(Cc1ccccn1)C1CC1. The van der Waals surface area contributed by atoms with Crippen LogP contribution >= 0.6 is 0 Å². The van der Waals surface area contributed by atoms with Crippen molar-refractivity contribution in [3.63, 3.8) is 0 Å². The maximum Gasteiger partial charge on any atom is 0.232 e. The molecule has 2 aliphatic rings. The average molecular weight is 345 g/mol. The highest BCUT2D eigenvalue weighted by molar-refractivity contribution is 5.90. The zero-order chi connectivity index (χ0) is 17.5. The van der Waals surface area contributed by atoms with E-state index >= 15 is 0 Å². The fourth-order valence-corrected chi connectivity index (χ4v) is 4.30. The Bertz CT molecular complexity index is 942. The highest BCUT2D eigenvalue weighted by atomic mass is 16.2. The van der Waals surface area contributed by atoms with Crippen molar-refractivity contribution in [3.05, 3.63) is 65.6 Å². The third kappa shape index (κ3) is 2.70. The summed E-state index contributed by atoms with van der Waals surface area (Å²) in [5.74, 6) is 0.223. The van der Waals surface area contributed by atoms with E-state index in [0.717, 1.165) is 49.0 Å². The number of pyridine rings is 1. The minimum atomic E-state index is -0.0459. The first-order chi connectivity index (χ1) is 12.8. The lowest BCUT2D eigenvalue weighted by Gasteiger charge is -2.29. The Hall–Kier alpha value is -2.62. The zero-order valence-electron chi connectivity index (χ0n) is 14.8. The Labute approximate surface area is 153 Å². The highest BCUT2D eigenvalue weighted by Gasteiger charge is 2.38. The minimum Gasteiger partial charge on any atom is -0.357 e. The quantitative estimate of drug-likeness (QED) is 0.771. The van der Waals surface area contributed by atoms with Crippen molar-refractivity contribution in [2.45, 2.75) is 50.6 Å². The molecule has 0 radical (unpaired) electrons. The first-order valence-electron chi connectivity index (χ1n) is 9.61. The summed E-state index contributed by atoms with van der Waals surface area (Å²) < 4.78 is 0. The summed E-state index contributed by atoms with van der Waals surface area (Å²) in [4.78, 5) is 23.6. The van der Waals surface area contributed by atoms with E-state index in [1.807, 2.05) is 18.2 Å². The van der Waals surface area contributed by atoms with Gasteiger partial charge in [-0.15, -0.1) is 0 Å². The zero-order valence-corrected chi connectivity index (χ0v) is 14.8. The molecule has 3 aromatic rings. The lowest BCUT2D eigenvalue weighted by molar-refractivity contribution is -0.134. The molecule has 2 aliphatic carbocycles. The second-order valence-corrected chi connectivity index (χ2v) is 7.53. The molecule has 0 spiro atoms. The number of nitrogens with zero attached hydrogens (tertiary/aromatic N) is 2. The molecule has 1 amide bonds. The molecule has 2 aromatic heterocycles.